The molecule has 1 N–H and O–H groups in total. The Hall–Kier alpha value is -0.770. The maximum atomic E-state index is 11.8. The molecule has 2 saturated heterocycles. The Bertz CT molecular complexity index is 260. The molecule has 0 aromatic carbocycles. The summed E-state index contributed by atoms with van der Waals surface area (Å²) in [6, 6.07) is 0.369. The molecule has 2 rings (SSSR count). The molecule has 4 heteroatoms. The first-order chi connectivity index (χ1) is 6.97. The number of hydrogen-bond acceptors (Lipinski definition) is 3. The molecular weight excluding hydrogens is 192 g/mol. The lowest BCUT2D eigenvalue weighted by Gasteiger charge is -2.50. The smallest absolute Gasteiger partial charge is 0.410 e. The summed E-state index contributed by atoms with van der Waals surface area (Å²) >= 11 is 0. The number of nitrogens with zero attached hydrogens (tertiary/aromatic N) is 1. The van der Waals surface area contributed by atoms with E-state index < -0.39 is 0 Å². The van der Waals surface area contributed by atoms with E-state index in [0.29, 0.717) is 12.0 Å². The summed E-state index contributed by atoms with van der Waals surface area (Å²) in [5.41, 5.74) is -0.385. The van der Waals surface area contributed by atoms with Crippen molar-refractivity contribution in [2.75, 3.05) is 19.6 Å². The number of nitrogens with one attached hydrogen (secondary N) is 1. The number of fused-ring (bicyclic) bond motifs is 1. The van der Waals surface area contributed by atoms with E-state index in [2.05, 4.69) is 5.32 Å². The van der Waals surface area contributed by atoms with Crippen LogP contribution in [0.4, 0.5) is 4.79 Å². The number of rotatable bonds is 0. The highest BCUT2D eigenvalue weighted by Gasteiger charge is 2.44. The van der Waals surface area contributed by atoms with E-state index in [1.807, 2.05) is 25.7 Å². The van der Waals surface area contributed by atoms with Crippen molar-refractivity contribution in [2.24, 2.45) is 5.92 Å². The van der Waals surface area contributed by atoms with Crippen LogP contribution in [0.1, 0.15) is 27.2 Å². The molecule has 15 heavy (non-hydrogen) atoms. The zero-order chi connectivity index (χ0) is 11.1. The third-order valence-electron chi connectivity index (χ3n) is 3.05. The molecule has 0 unspecified atom stereocenters. The van der Waals surface area contributed by atoms with Gasteiger partial charge in [0.2, 0.25) is 0 Å². The van der Waals surface area contributed by atoms with Crippen LogP contribution in [-0.2, 0) is 4.74 Å². The van der Waals surface area contributed by atoms with E-state index in [1.165, 1.54) is 6.42 Å². The Labute approximate surface area is 91.0 Å². The van der Waals surface area contributed by atoms with Gasteiger partial charge in [0.15, 0.2) is 0 Å². The molecule has 0 aliphatic carbocycles. The molecule has 0 aromatic rings. The monoisotopic (exact) mass is 212 g/mol. The van der Waals surface area contributed by atoms with Gasteiger partial charge >= 0.3 is 6.09 Å². The molecule has 0 radical (unpaired) electrons. The van der Waals surface area contributed by atoms with Gasteiger partial charge in [0.25, 0.3) is 0 Å². The maximum Gasteiger partial charge on any atom is 0.410 e. The van der Waals surface area contributed by atoms with Crippen LogP contribution in [0.25, 0.3) is 0 Å². The summed E-state index contributed by atoms with van der Waals surface area (Å²) in [5.74, 6) is 0.693. The molecule has 0 saturated carbocycles. The molecule has 2 heterocycles. The van der Waals surface area contributed by atoms with Crippen molar-refractivity contribution in [1.82, 2.24) is 10.2 Å². The zero-order valence-corrected chi connectivity index (χ0v) is 9.75. The Morgan fingerprint density at radius 2 is 2.20 bits per heavy atom. The van der Waals surface area contributed by atoms with Crippen molar-refractivity contribution in [3.05, 3.63) is 0 Å². The molecule has 0 bridgehead atoms. The molecule has 2 fully saturated rings. The van der Waals surface area contributed by atoms with Crippen LogP contribution in [0.15, 0.2) is 0 Å². The number of carbonyl (C=O) groups excluding carboxylic acids is 1. The second-order valence-electron chi connectivity index (χ2n) is 5.45. The summed E-state index contributed by atoms with van der Waals surface area (Å²) in [6.07, 6.45) is 1.02. The van der Waals surface area contributed by atoms with E-state index in [4.69, 9.17) is 4.74 Å². The number of hydrogen-bond donors (Lipinski definition) is 1. The van der Waals surface area contributed by atoms with E-state index in [1.54, 1.807) is 0 Å². The van der Waals surface area contributed by atoms with Crippen LogP contribution >= 0.6 is 0 Å². The Morgan fingerprint density at radius 1 is 1.47 bits per heavy atom. The van der Waals surface area contributed by atoms with Crippen molar-refractivity contribution >= 4 is 6.09 Å². The fraction of sp³-hybridized carbons (Fsp3) is 0.909. The third-order valence-corrected chi connectivity index (χ3v) is 3.05. The number of carbonyl (C=O) groups is 1. The van der Waals surface area contributed by atoms with Gasteiger partial charge in [0, 0.05) is 13.1 Å². The van der Waals surface area contributed by atoms with Gasteiger partial charge in [-0.3, -0.25) is 0 Å². The van der Waals surface area contributed by atoms with Crippen LogP contribution in [0.5, 0.6) is 0 Å². The standard InChI is InChI=1S/C11H20N2O2/c1-11(2,3)15-10(14)13-7-8-4-5-12-6-9(8)13/h8-9,12H,4-7H2,1-3H3/t8-,9-/m0/s1. The quantitative estimate of drug-likeness (QED) is 0.656. The molecule has 2 atom stereocenters. The van der Waals surface area contributed by atoms with E-state index in [-0.39, 0.29) is 11.7 Å². The molecule has 2 aliphatic rings. The van der Waals surface area contributed by atoms with Crippen LogP contribution in [0.3, 0.4) is 0 Å². The fourth-order valence-electron chi connectivity index (χ4n) is 2.25. The summed E-state index contributed by atoms with van der Waals surface area (Å²) < 4.78 is 5.35. The molecule has 0 aromatic heterocycles. The highest BCUT2D eigenvalue weighted by atomic mass is 16.6. The van der Waals surface area contributed by atoms with Crippen molar-refractivity contribution in [1.29, 1.82) is 0 Å². The average Bonchev–Trinajstić information content (AvgIpc) is 2.03. The first-order valence-electron chi connectivity index (χ1n) is 5.68. The molecular formula is C11H20N2O2. The minimum Gasteiger partial charge on any atom is -0.444 e. The minimum atomic E-state index is -0.385. The van der Waals surface area contributed by atoms with Crippen molar-refractivity contribution in [3.63, 3.8) is 0 Å². The lowest BCUT2D eigenvalue weighted by Crippen LogP contribution is -2.65. The molecule has 0 spiro atoms. The highest BCUT2D eigenvalue weighted by Crippen LogP contribution is 2.30. The Morgan fingerprint density at radius 3 is 2.80 bits per heavy atom. The van der Waals surface area contributed by atoms with Gasteiger partial charge in [-0.05, 0) is 39.7 Å². The van der Waals surface area contributed by atoms with E-state index in [9.17, 15) is 4.79 Å². The number of piperidine rings is 1. The van der Waals surface area contributed by atoms with Gasteiger partial charge in [-0.25, -0.2) is 4.79 Å². The lowest BCUT2D eigenvalue weighted by molar-refractivity contribution is -0.0381. The van der Waals surface area contributed by atoms with Crippen LogP contribution < -0.4 is 5.32 Å². The first-order valence-corrected chi connectivity index (χ1v) is 5.68. The predicted molar refractivity (Wildman–Crippen MR) is 57.7 cm³/mol. The maximum absolute atomic E-state index is 11.8. The predicted octanol–water partition coefficient (Wildman–Crippen LogP) is 1.22. The first kappa shape index (κ1) is 10.7. The van der Waals surface area contributed by atoms with Gasteiger partial charge < -0.3 is 15.0 Å². The third kappa shape index (κ3) is 2.25. The van der Waals surface area contributed by atoms with Crippen molar-refractivity contribution in [3.8, 4) is 0 Å². The van der Waals surface area contributed by atoms with Crippen LogP contribution in [-0.4, -0.2) is 42.3 Å². The van der Waals surface area contributed by atoms with Gasteiger partial charge in [-0.1, -0.05) is 0 Å². The summed E-state index contributed by atoms with van der Waals surface area (Å²) in [4.78, 5) is 13.6. The van der Waals surface area contributed by atoms with Crippen molar-refractivity contribution in [2.45, 2.75) is 38.8 Å². The average molecular weight is 212 g/mol. The largest absolute Gasteiger partial charge is 0.444 e. The molecule has 2 aliphatic heterocycles. The topological polar surface area (TPSA) is 41.6 Å². The van der Waals surface area contributed by atoms with E-state index in [0.717, 1.165) is 19.6 Å². The SMILES string of the molecule is CC(C)(C)OC(=O)N1C[C@@H]2CCNC[C@@H]21. The Kier molecular flexibility index (Phi) is 2.63. The van der Waals surface area contributed by atoms with Crippen LogP contribution in [0, 0.1) is 5.92 Å². The molecule has 1 amide bonds. The number of ether oxygens (including phenoxy) is 1. The molecule has 86 valence electrons. The number of likely N-dealkylation sites (tertiary alicyclic amines) is 1. The summed E-state index contributed by atoms with van der Waals surface area (Å²) in [6.45, 7) is 8.60. The van der Waals surface area contributed by atoms with Crippen LogP contribution in [0.2, 0.25) is 0 Å². The fourth-order valence-corrected chi connectivity index (χ4v) is 2.25. The second kappa shape index (κ2) is 3.67. The zero-order valence-electron chi connectivity index (χ0n) is 9.75. The minimum absolute atomic E-state index is 0.160. The van der Waals surface area contributed by atoms with Gasteiger partial charge in [-0.15, -0.1) is 0 Å². The Balaban J connectivity index is 1.88. The summed E-state index contributed by atoms with van der Waals surface area (Å²) in [7, 11) is 0. The summed E-state index contributed by atoms with van der Waals surface area (Å²) in [5, 5.41) is 3.31. The van der Waals surface area contributed by atoms with Gasteiger partial charge in [0.05, 0.1) is 6.04 Å². The number of amides is 1. The normalized spacial score (nSPS) is 30.5. The van der Waals surface area contributed by atoms with Crippen molar-refractivity contribution < 1.29 is 9.53 Å². The van der Waals surface area contributed by atoms with E-state index >= 15 is 0 Å². The lowest BCUT2D eigenvalue weighted by atomic mass is 9.83. The molecule has 4 nitrogen and oxygen atoms in total. The highest BCUT2D eigenvalue weighted by molar-refractivity contribution is 5.69. The van der Waals surface area contributed by atoms with Gasteiger partial charge in [0.1, 0.15) is 5.60 Å². The van der Waals surface area contributed by atoms with Gasteiger partial charge in [-0.2, -0.15) is 0 Å². The second-order valence-corrected chi connectivity index (χ2v) is 5.45.